The van der Waals surface area contributed by atoms with Crippen LogP contribution in [0.25, 0.3) is 0 Å². The average molecular weight is 326 g/mol. The van der Waals surface area contributed by atoms with Crippen molar-refractivity contribution in [3.8, 4) is 0 Å². The third-order valence-corrected chi connectivity index (χ3v) is 2.87. The number of hydrogen-bond acceptors (Lipinski definition) is 5. The predicted octanol–water partition coefficient (Wildman–Crippen LogP) is 2.04. The van der Waals surface area contributed by atoms with Crippen LogP contribution in [0.5, 0.6) is 0 Å². The molecule has 2 aromatic rings. The molecule has 1 amide bonds. The molecule has 0 spiro atoms. The fourth-order valence-corrected chi connectivity index (χ4v) is 1.75. The van der Waals surface area contributed by atoms with Crippen molar-refractivity contribution >= 4 is 33.2 Å². The quantitative estimate of drug-likeness (QED) is 0.662. The number of amides is 1. The summed E-state index contributed by atoms with van der Waals surface area (Å²) in [6.45, 7) is 1.66. The van der Waals surface area contributed by atoms with Gasteiger partial charge in [-0.3, -0.25) is 20.0 Å². The Morgan fingerprint density at radius 3 is 2.84 bits per heavy atom. The molecule has 1 aromatic heterocycles. The van der Waals surface area contributed by atoms with E-state index in [0.29, 0.717) is 16.0 Å². The van der Waals surface area contributed by atoms with Crippen LogP contribution in [0.1, 0.15) is 16.4 Å². The second kappa shape index (κ2) is 5.14. The highest BCUT2D eigenvalue weighted by molar-refractivity contribution is 9.10. The number of halogens is 1. The summed E-state index contributed by atoms with van der Waals surface area (Å²) >= 11 is 3.06. The van der Waals surface area contributed by atoms with Crippen LogP contribution in [0, 0.1) is 17.0 Å². The van der Waals surface area contributed by atoms with E-state index in [1.807, 2.05) is 0 Å². The number of rotatable bonds is 3. The standard InChI is InChI=1S/C10H8BrN5O3/c1-5-12-9(15-14-5)10(17)13-6-2-3-7(11)8(4-6)16(18)19/h2-4H,1H3,(H,13,17)(H,12,14,15). The monoisotopic (exact) mass is 325 g/mol. The molecule has 0 saturated carbocycles. The van der Waals surface area contributed by atoms with E-state index in [9.17, 15) is 14.9 Å². The minimum Gasteiger partial charge on any atom is -0.319 e. The molecule has 0 aliphatic carbocycles. The van der Waals surface area contributed by atoms with Crippen molar-refractivity contribution in [2.75, 3.05) is 5.32 Å². The highest BCUT2D eigenvalue weighted by Crippen LogP contribution is 2.27. The molecule has 0 aliphatic rings. The number of benzene rings is 1. The first-order chi connectivity index (χ1) is 8.97. The van der Waals surface area contributed by atoms with E-state index < -0.39 is 10.8 Å². The van der Waals surface area contributed by atoms with Crippen LogP contribution >= 0.6 is 15.9 Å². The lowest BCUT2D eigenvalue weighted by atomic mass is 10.3. The van der Waals surface area contributed by atoms with Crippen molar-refractivity contribution in [1.29, 1.82) is 0 Å². The zero-order valence-corrected chi connectivity index (χ0v) is 11.3. The van der Waals surface area contributed by atoms with Gasteiger partial charge in [0.2, 0.25) is 5.82 Å². The summed E-state index contributed by atoms with van der Waals surface area (Å²) in [7, 11) is 0. The lowest BCUT2D eigenvalue weighted by molar-refractivity contribution is -0.385. The second-order valence-electron chi connectivity index (χ2n) is 3.62. The maximum atomic E-state index is 11.8. The van der Waals surface area contributed by atoms with Gasteiger partial charge in [0, 0.05) is 11.8 Å². The first-order valence-corrected chi connectivity index (χ1v) is 5.91. The number of nitro groups is 1. The molecule has 19 heavy (non-hydrogen) atoms. The largest absolute Gasteiger partial charge is 0.319 e. The molecular weight excluding hydrogens is 318 g/mol. The number of nitrogens with one attached hydrogen (secondary N) is 2. The smallest absolute Gasteiger partial charge is 0.295 e. The molecule has 0 aliphatic heterocycles. The number of hydrogen-bond donors (Lipinski definition) is 2. The maximum Gasteiger partial charge on any atom is 0.295 e. The molecule has 0 fully saturated rings. The SMILES string of the molecule is Cc1nc(C(=O)Nc2ccc(Br)c([N+](=O)[O-])c2)n[nH]1. The van der Waals surface area contributed by atoms with E-state index >= 15 is 0 Å². The maximum absolute atomic E-state index is 11.8. The Morgan fingerprint density at radius 1 is 1.53 bits per heavy atom. The van der Waals surface area contributed by atoms with Crippen molar-refractivity contribution in [2.45, 2.75) is 6.92 Å². The molecule has 0 unspecified atom stereocenters. The number of nitro benzene ring substituents is 1. The molecular formula is C10H8BrN5O3. The van der Waals surface area contributed by atoms with Gasteiger partial charge >= 0.3 is 0 Å². The number of aromatic nitrogens is 3. The molecule has 0 atom stereocenters. The van der Waals surface area contributed by atoms with Gasteiger partial charge in [-0.05, 0) is 35.0 Å². The van der Waals surface area contributed by atoms with Gasteiger partial charge in [-0.2, -0.15) is 0 Å². The zero-order valence-electron chi connectivity index (χ0n) is 9.68. The fraction of sp³-hybridized carbons (Fsp3) is 0.100. The molecule has 0 saturated heterocycles. The van der Waals surface area contributed by atoms with Crippen LogP contribution in [-0.4, -0.2) is 26.0 Å². The summed E-state index contributed by atoms with van der Waals surface area (Å²) in [6, 6.07) is 4.27. The van der Waals surface area contributed by atoms with Gasteiger partial charge in [0.05, 0.1) is 9.40 Å². The molecule has 2 N–H and O–H groups in total. The van der Waals surface area contributed by atoms with Crippen molar-refractivity contribution in [3.63, 3.8) is 0 Å². The van der Waals surface area contributed by atoms with Gasteiger partial charge in [-0.25, -0.2) is 4.98 Å². The number of H-pyrrole nitrogens is 1. The third-order valence-electron chi connectivity index (χ3n) is 2.20. The first kappa shape index (κ1) is 13.1. The number of aryl methyl sites for hydroxylation is 1. The van der Waals surface area contributed by atoms with Crippen LogP contribution in [0.3, 0.4) is 0 Å². The highest BCUT2D eigenvalue weighted by atomic mass is 79.9. The Bertz CT molecular complexity index is 654. The normalized spacial score (nSPS) is 10.2. The van der Waals surface area contributed by atoms with Crippen LogP contribution in [0.2, 0.25) is 0 Å². The second-order valence-corrected chi connectivity index (χ2v) is 4.48. The average Bonchev–Trinajstić information content (AvgIpc) is 2.78. The summed E-state index contributed by atoms with van der Waals surface area (Å²) < 4.78 is 0.337. The van der Waals surface area contributed by atoms with Gasteiger partial charge in [-0.1, -0.05) is 0 Å². The third kappa shape index (κ3) is 2.94. The Balaban J connectivity index is 2.22. The Morgan fingerprint density at radius 2 is 2.26 bits per heavy atom. The van der Waals surface area contributed by atoms with Crippen molar-refractivity contribution in [2.24, 2.45) is 0 Å². The Hall–Kier alpha value is -2.29. The van der Waals surface area contributed by atoms with E-state index in [0.717, 1.165) is 0 Å². The van der Waals surface area contributed by atoms with Crippen LogP contribution in [-0.2, 0) is 0 Å². The molecule has 98 valence electrons. The molecule has 1 aromatic carbocycles. The molecule has 0 bridgehead atoms. The number of anilines is 1. The molecule has 9 heteroatoms. The van der Waals surface area contributed by atoms with Gasteiger partial charge in [0.15, 0.2) is 0 Å². The molecule has 1 heterocycles. The summed E-state index contributed by atoms with van der Waals surface area (Å²) in [5.41, 5.74) is 0.159. The Kier molecular flexibility index (Phi) is 3.56. The number of carbonyl (C=O) groups excluding carboxylic acids is 1. The molecule has 0 radical (unpaired) electrons. The minimum absolute atomic E-state index is 0.0249. The van der Waals surface area contributed by atoms with Crippen LogP contribution in [0.15, 0.2) is 22.7 Å². The van der Waals surface area contributed by atoms with Gasteiger partial charge in [0.25, 0.3) is 11.6 Å². The first-order valence-electron chi connectivity index (χ1n) is 5.11. The van der Waals surface area contributed by atoms with Crippen molar-refractivity contribution < 1.29 is 9.72 Å². The number of carbonyl (C=O) groups is 1. The highest BCUT2D eigenvalue weighted by Gasteiger charge is 2.15. The lowest BCUT2D eigenvalue weighted by Gasteiger charge is -2.03. The summed E-state index contributed by atoms with van der Waals surface area (Å²) in [5.74, 6) is -0.0593. The summed E-state index contributed by atoms with van der Waals surface area (Å²) in [4.78, 5) is 25.8. The van der Waals surface area contributed by atoms with Gasteiger partial charge < -0.3 is 5.32 Å². The predicted molar refractivity (Wildman–Crippen MR) is 69.9 cm³/mol. The lowest BCUT2D eigenvalue weighted by Crippen LogP contribution is -2.14. The summed E-state index contributed by atoms with van der Waals surface area (Å²) in [6.07, 6.45) is 0. The van der Waals surface area contributed by atoms with Crippen molar-refractivity contribution in [1.82, 2.24) is 15.2 Å². The van der Waals surface area contributed by atoms with E-state index in [4.69, 9.17) is 0 Å². The van der Waals surface area contributed by atoms with E-state index in [1.165, 1.54) is 18.2 Å². The number of aromatic amines is 1. The van der Waals surface area contributed by atoms with E-state index in [2.05, 4.69) is 36.4 Å². The molecule has 8 nitrogen and oxygen atoms in total. The topological polar surface area (TPSA) is 114 Å². The number of nitrogens with zero attached hydrogens (tertiary/aromatic N) is 3. The van der Waals surface area contributed by atoms with E-state index in [-0.39, 0.29) is 11.5 Å². The van der Waals surface area contributed by atoms with Gasteiger partial charge in [0.1, 0.15) is 5.82 Å². The van der Waals surface area contributed by atoms with E-state index in [1.54, 1.807) is 6.92 Å². The fourth-order valence-electron chi connectivity index (χ4n) is 1.36. The van der Waals surface area contributed by atoms with Gasteiger partial charge in [-0.15, -0.1) is 5.10 Å². The summed E-state index contributed by atoms with van der Waals surface area (Å²) in [5, 5.41) is 19.5. The molecule has 2 rings (SSSR count). The van der Waals surface area contributed by atoms with Crippen molar-refractivity contribution in [3.05, 3.63) is 44.4 Å². The Labute approximate surface area is 115 Å². The van der Waals surface area contributed by atoms with Crippen LogP contribution < -0.4 is 5.32 Å². The van der Waals surface area contributed by atoms with Crippen LogP contribution in [0.4, 0.5) is 11.4 Å². The zero-order chi connectivity index (χ0) is 14.0. The minimum atomic E-state index is -0.545.